The van der Waals surface area contributed by atoms with Crippen molar-refractivity contribution in [2.75, 3.05) is 12.4 Å². The van der Waals surface area contributed by atoms with Crippen molar-refractivity contribution in [1.29, 1.82) is 0 Å². The Morgan fingerprint density at radius 2 is 1.63 bits per heavy atom. The van der Waals surface area contributed by atoms with Crippen LogP contribution in [-0.2, 0) is 19.6 Å². The molecule has 3 rings (SSSR count). The number of hydrogen-bond acceptors (Lipinski definition) is 3. The number of rotatable bonds is 8. The lowest BCUT2D eigenvalue weighted by atomic mass is 10.1. The predicted octanol–water partition coefficient (Wildman–Crippen LogP) is 6.21. The molecular weight excluding hydrogens is 402 g/mol. The number of hydrogen-bond donors (Lipinski definition) is 1. The van der Waals surface area contributed by atoms with Crippen LogP contribution in [0.3, 0.4) is 0 Å². The monoisotopic (exact) mass is 425 g/mol. The zero-order chi connectivity index (χ0) is 19.1. The minimum absolute atomic E-state index is 0.497. The number of methoxy groups -OCH3 is 1. The highest BCUT2D eigenvalue weighted by atomic mass is 79.9. The van der Waals surface area contributed by atoms with Crippen LogP contribution in [0.1, 0.15) is 23.6 Å². The van der Waals surface area contributed by atoms with Crippen molar-refractivity contribution in [3.05, 3.63) is 87.9 Å². The van der Waals surface area contributed by atoms with Gasteiger partial charge in [0.25, 0.3) is 0 Å². The lowest BCUT2D eigenvalue weighted by molar-refractivity contribution is 0.282. The molecule has 0 saturated heterocycles. The van der Waals surface area contributed by atoms with Gasteiger partial charge in [-0.15, -0.1) is 0 Å². The van der Waals surface area contributed by atoms with E-state index < -0.39 is 0 Å². The quantitative estimate of drug-likeness (QED) is 0.465. The Morgan fingerprint density at radius 3 is 2.30 bits per heavy atom. The van der Waals surface area contributed by atoms with Gasteiger partial charge in [0.05, 0.1) is 11.6 Å². The Balaban J connectivity index is 1.69. The molecule has 0 radical (unpaired) electrons. The second-order valence-corrected chi connectivity index (χ2v) is 7.14. The molecule has 0 fully saturated rings. The number of anilines is 1. The van der Waals surface area contributed by atoms with E-state index in [2.05, 4.69) is 58.5 Å². The molecule has 0 spiro atoms. The summed E-state index contributed by atoms with van der Waals surface area (Å²) in [5.41, 5.74) is 4.68. The number of aryl methyl sites for hydroxylation is 1. The smallest absolute Gasteiger partial charge is 0.175 e. The average Bonchev–Trinajstić information content (AvgIpc) is 2.72. The first kappa shape index (κ1) is 19.3. The van der Waals surface area contributed by atoms with E-state index in [4.69, 9.17) is 9.47 Å². The fraction of sp³-hybridized carbons (Fsp3) is 0.217. The van der Waals surface area contributed by atoms with E-state index in [9.17, 15) is 0 Å². The molecule has 0 aliphatic rings. The molecule has 1 N–H and O–H groups in total. The summed E-state index contributed by atoms with van der Waals surface area (Å²) in [6.07, 6.45) is 1.05. The molecule has 0 saturated carbocycles. The van der Waals surface area contributed by atoms with Crippen LogP contribution in [0.4, 0.5) is 5.69 Å². The van der Waals surface area contributed by atoms with Crippen molar-refractivity contribution in [2.45, 2.75) is 26.5 Å². The maximum atomic E-state index is 6.00. The van der Waals surface area contributed by atoms with Crippen LogP contribution < -0.4 is 14.8 Å². The largest absolute Gasteiger partial charge is 0.493 e. The van der Waals surface area contributed by atoms with Crippen LogP contribution in [-0.4, -0.2) is 7.11 Å². The van der Waals surface area contributed by atoms with E-state index in [-0.39, 0.29) is 0 Å². The summed E-state index contributed by atoms with van der Waals surface area (Å²) in [5.74, 6) is 1.44. The summed E-state index contributed by atoms with van der Waals surface area (Å²) in [5, 5.41) is 3.45. The second-order valence-electron chi connectivity index (χ2n) is 6.29. The summed E-state index contributed by atoms with van der Waals surface area (Å²) in [6.45, 7) is 3.37. The number of halogens is 1. The topological polar surface area (TPSA) is 30.5 Å². The van der Waals surface area contributed by atoms with Gasteiger partial charge in [-0.25, -0.2) is 0 Å². The Labute approximate surface area is 169 Å². The highest BCUT2D eigenvalue weighted by Crippen LogP contribution is 2.37. The summed E-state index contributed by atoms with van der Waals surface area (Å²) in [6, 6.07) is 22.7. The second kappa shape index (κ2) is 9.47. The Hall–Kier alpha value is -2.46. The van der Waals surface area contributed by atoms with E-state index in [0.29, 0.717) is 13.2 Å². The van der Waals surface area contributed by atoms with Gasteiger partial charge in [-0.05, 0) is 63.3 Å². The van der Waals surface area contributed by atoms with Gasteiger partial charge >= 0.3 is 0 Å². The molecule has 0 amide bonds. The zero-order valence-corrected chi connectivity index (χ0v) is 17.3. The van der Waals surface area contributed by atoms with Gasteiger partial charge in [-0.1, -0.05) is 49.4 Å². The summed E-state index contributed by atoms with van der Waals surface area (Å²) >= 11 is 3.62. The lowest BCUT2D eigenvalue weighted by Crippen LogP contribution is -2.03. The van der Waals surface area contributed by atoms with Crippen LogP contribution in [0.25, 0.3) is 0 Å². The minimum Gasteiger partial charge on any atom is -0.493 e. The SMILES string of the molecule is CCc1ccc(NCc2cc(Br)c(OCc3ccccc3)c(OC)c2)cc1. The van der Waals surface area contributed by atoms with Crippen molar-refractivity contribution in [1.82, 2.24) is 0 Å². The first-order chi connectivity index (χ1) is 13.2. The third-order valence-corrected chi connectivity index (χ3v) is 4.96. The van der Waals surface area contributed by atoms with Crippen LogP contribution in [0.15, 0.2) is 71.2 Å². The Morgan fingerprint density at radius 1 is 0.889 bits per heavy atom. The fourth-order valence-corrected chi connectivity index (χ4v) is 3.41. The maximum Gasteiger partial charge on any atom is 0.175 e. The van der Waals surface area contributed by atoms with Gasteiger partial charge in [0.15, 0.2) is 11.5 Å². The minimum atomic E-state index is 0.497. The van der Waals surface area contributed by atoms with Gasteiger partial charge in [-0.2, -0.15) is 0 Å². The van der Waals surface area contributed by atoms with Crippen molar-refractivity contribution >= 4 is 21.6 Å². The van der Waals surface area contributed by atoms with E-state index in [0.717, 1.165) is 39.2 Å². The molecule has 0 atom stereocenters. The van der Waals surface area contributed by atoms with Gasteiger partial charge < -0.3 is 14.8 Å². The van der Waals surface area contributed by atoms with E-state index in [1.165, 1.54) is 5.56 Å². The zero-order valence-electron chi connectivity index (χ0n) is 15.7. The number of ether oxygens (including phenoxy) is 2. The van der Waals surface area contributed by atoms with Gasteiger partial charge in [0.2, 0.25) is 0 Å². The average molecular weight is 426 g/mol. The molecule has 3 aromatic carbocycles. The van der Waals surface area contributed by atoms with E-state index in [1.807, 2.05) is 36.4 Å². The van der Waals surface area contributed by atoms with E-state index in [1.54, 1.807) is 7.11 Å². The molecule has 0 bridgehead atoms. The standard InChI is InChI=1S/C23H24BrNO2/c1-3-17-9-11-20(12-10-17)25-15-19-13-21(24)23(22(14-19)26-2)27-16-18-7-5-4-6-8-18/h4-14,25H,3,15-16H2,1-2H3. The van der Waals surface area contributed by atoms with Crippen molar-refractivity contribution < 1.29 is 9.47 Å². The van der Waals surface area contributed by atoms with Crippen molar-refractivity contribution in [2.24, 2.45) is 0 Å². The lowest BCUT2D eigenvalue weighted by Gasteiger charge is -2.15. The molecular formula is C23H24BrNO2. The fourth-order valence-electron chi connectivity index (χ4n) is 2.81. The first-order valence-corrected chi connectivity index (χ1v) is 9.85. The Bertz CT molecular complexity index is 864. The molecule has 3 aromatic rings. The van der Waals surface area contributed by atoms with Gasteiger partial charge in [0, 0.05) is 12.2 Å². The maximum absolute atomic E-state index is 6.00. The third-order valence-electron chi connectivity index (χ3n) is 4.37. The van der Waals surface area contributed by atoms with Crippen LogP contribution in [0.5, 0.6) is 11.5 Å². The molecule has 0 aliphatic heterocycles. The van der Waals surface area contributed by atoms with Crippen LogP contribution >= 0.6 is 15.9 Å². The molecule has 0 heterocycles. The molecule has 3 nitrogen and oxygen atoms in total. The molecule has 140 valence electrons. The summed E-state index contributed by atoms with van der Waals surface area (Å²) in [7, 11) is 1.66. The summed E-state index contributed by atoms with van der Waals surface area (Å²) in [4.78, 5) is 0. The molecule has 27 heavy (non-hydrogen) atoms. The normalized spacial score (nSPS) is 10.5. The third kappa shape index (κ3) is 5.27. The van der Waals surface area contributed by atoms with Crippen molar-refractivity contribution in [3.63, 3.8) is 0 Å². The van der Waals surface area contributed by atoms with E-state index >= 15 is 0 Å². The Kier molecular flexibility index (Phi) is 6.77. The van der Waals surface area contributed by atoms with Gasteiger partial charge in [0.1, 0.15) is 6.61 Å². The molecule has 0 unspecified atom stereocenters. The van der Waals surface area contributed by atoms with Crippen molar-refractivity contribution in [3.8, 4) is 11.5 Å². The number of benzene rings is 3. The first-order valence-electron chi connectivity index (χ1n) is 9.05. The van der Waals surface area contributed by atoms with Crippen LogP contribution in [0, 0.1) is 0 Å². The number of nitrogens with one attached hydrogen (secondary N) is 1. The predicted molar refractivity (Wildman–Crippen MR) is 115 cm³/mol. The molecule has 0 aromatic heterocycles. The van der Waals surface area contributed by atoms with Gasteiger partial charge in [-0.3, -0.25) is 0 Å². The highest BCUT2D eigenvalue weighted by Gasteiger charge is 2.12. The van der Waals surface area contributed by atoms with Crippen LogP contribution in [0.2, 0.25) is 0 Å². The molecule has 0 aliphatic carbocycles. The summed E-state index contributed by atoms with van der Waals surface area (Å²) < 4.78 is 12.4. The molecule has 4 heteroatoms. The highest BCUT2D eigenvalue weighted by molar-refractivity contribution is 9.10.